The fourth-order valence-corrected chi connectivity index (χ4v) is 3.80. The van der Waals surface area contributed by atoms with Gasteiger partial charge in [-0.2, -0.15) is 4.31 Å². The van der Waals surface area contributed by atoms with Crippen molar-refractivity contribution in [3.63, 3.8) is 0 Å². The molecule has 1 aromatic rings. The van der Waals surface area contributed by atoms with Gasteiger partial charge in [-0.05, 0) is 25.8 Å². The van der Waals surface area contributed by atoms with Crippen molar-refractivity contribution < 1.29 is 13.3 Å². The van der Waals surface area contributed by atoms with Gasteiger partial charge in [0.25, 0.3) is 5.69 Å². The molecule has 110 valence electrons. The smallest absolute Gasteiger partial charge is 0.289 e. The second-order valence-electron chi connectivity index (χ2n) is 5.28. The first-order valence-electron chi connectivity index (χ1n) is 6.26. The lowest BCUT2D eigenvalue weighted by molar-refractivity contribution is -0.387. The highest BCUT2D eigenvalue weighted by Crippen LogP contribution is 2.29. The molecule has 1 aliphatic rings. The molecule has 1 aliphatic heterocycles. The summed E-state index contributed by atoms with van der Waals surface area (Å²) in [5, 5.41) is 11.0. The summed E-state index contributed by atoms with van der Waals surface area (Å²) in [7, 11) is -3.85. The number of nitrogens with two attached hydrogens (primary N) is 1. The maximum Gasteiger partial charge on any atom is 0.289 e. The first-order chi connectivity index (χ1) is 9.24. The lowest BCUT2D eigenvalue weighted by Gasteiger charge is -2.35. The third kappa shape index (κ3) is 2.82. The highest BCUT2D eigenvalue weighted by molar-refractivity contribution is 7.89. The molecular weight excluding hydrogens is 282 g/mol. The Hall–Kier alpha value is -1.51. The third-order valence-electron chi connectivity index (χ3n) is 3.54. The standard InChI is InChI=1S/C12H17N3O4S/c1-12(13)6-8-14(9-7-12)20(18,19)11-5-3-2-4-10(11)15(16)17/h2-5H,6-9,13H2,1H3. The molecule has 0 radical (unpaired) electrons. The van der Waals surface area contributed by atoms with Crippen LogP contribution in [0.3, 0.4) is 0 Å². The van der Waals surface area contributed by atoms with Crippen LogP contribution in [0.25, 0.3) is 0 Å². The maximum absolute atomic E-state index is 12.5. The molecule has 8 heteroatoms. The first-order valence-corrected chi connectivity index (χ1v) is 7.70. The molecule has 0 bridgehead atoms. The van der Waals surface area contributed by atoms with Gasteiger partial charge in [-0.1, -0.05) is 12.1 Å². The number of nitro groups is 1. The van der Waals surface area contributed by atoms with Gasteiger partial charge in [0.15, 0.2) is 4.90 Å². The van der Waals surface area contributed by atoms with Crippen LogP contribution in [0.15, 0.2) is 29.2 Å². The number of rotatable bonds is 3. The van der Waals surface area contributed by atoms with Crippen molar-refractivity contribution in [3.05, 3.63) is 34.4 Å². The zero-order chi connectivity index (χ0) is 15.0. The number of para-hydroxylation sites is 1. The van der Waals surface area contributed by atoms with Gasteiger partial charge >= 0.3 is 0 Å². The first kappa shape index (κ1) is 14.9. The Balaban J connectivity index is 2.35. The van der Waals surface area contributed by atoms with E-state index in [9.17, 15) is 18.5 Å². The summed E-state index contributed by atoms with van der Waals surface area (Å²) < 4.78 is 26.3. The molecular formula is C12H17N3O4S. The van der Waals surface area contributed by atoms with E-state index in [1.807, 2.05) is 6.92 Å². The Morgan fingerprint density at radius 1 is 1.30 bits per heavy atom. The van der Waals surface area contributed by atoms with E-state index in [-0.39, 0.29) is 23.5 Å². The van der Waals surface area contributed by atoms with Crippen molar-refractivity contribution in [2.45, 2.75) is 30.2 Å². The molecule has 0 aromatic heterocycles. The number of sulfonamides is 1. The van der Waals surface area contributed by atoms with E-state index in [0.29, 0.717) is 12.8 Å². The van der Waals surface area contributed by atoms with E-state index < -0.39 is 20.6 Å². The molecule has 0 atom stereocenters. The third-order valence-corrected chi connectivity index (χ3v) is 5.49. The Morgan fingerprint density at radius 2 is 1.85 bits per heavy atom. The Morgan fingerprint density at radius 3 is 2.40 bits per heavy atom. The lowest BCUT2D eigenvalue weighted by Crippen LogP contribution is -2.49. The summed E-state index contributed by atoms with van der Waals surface area (Å²) >= 11 is 0. The van der Waals surface area contributed by atoms with Crippen LogP contribution >= 0.6 is 0 Å². The normalized spacial score (nSPS) is 19.7. The van der Waals surface area contributed by atoms with Gasteiger partial charge in [-0.3, -0.25) is 10.1 Å². The minimum Gasteiger partial charge on any atom is -0.325 e. The summed E-state index contributed by atoms with van der Waals surface area (Å²) in [6, 6.07) is 5.40. The lowest BCUT2D eigenvalue weighted by atomic mass is 9.92. The number of benzene rings is 1. The molecule has 0 spiro atoms. The molecule has 1 aromatic carbocycles. The minimum absolute atomic E-state index is 0.259. The van der Waals surface area contributed by atoms with Crippen molar-refractivity contribution >= 4 is 15.7 Å². The van der Waals surface area contributed by atoms with E-state index in [1.165, 1.54) is 28.6 Å². The van der Waals surface area contributed by atoms with Crippen LogP contribution in [0.1, 0.15) is 19.8 Å². The van der Waals surface area contributed by atoms with E-state index in [1.54, 1.807) is 0 Å². The molecule has 20 heavy (non-hydrogen) atoms. The maximum atomic E-state index is 12.5. The average Bonchev–Trinajstić information content (AvgIpc) is 2.38. The predicted molar refractivity (Wildman–Crippen MR) is 73.7 cm³/mol. The molecule has 0 amide bonds. The van der Waals surface area contributed by atoms with Crippen LogP contribution in [0, 0.1) is 10.1 Å². The van der Waals surface area contributed by atoms with Crippen molar-refractivity contribution in [1.29, 1.82) is 0 Å². The number of piperidine rings is 1. The highest BCUT2D eigenvalue weighted by Gasteiger charge is 2.36. The van der Waals surface area contributed by atoms with Crippen molar-refractivity contribution in [3.8, 4) is 0 Å². The van der Waals surface area contributed by atoms with Gasteiger partial charge < -0.3 is 5.73 Å². The Labute approximate surface area is 117 Å². The van der Waals surface area contributed by atoms with E-state index >= 15 is 0 Å². The quantitative estimate of drug-likeness (QED) is 0.664. The largest absolute Gasteiger partial charge is 0.325 e. The topological polar surface area (TPSA) is 107 Å². The molecule has 2 N–H and O–H groups in total. The molecule has 1 heterocycles. The second kappa shape index (κ2) is 5.12. The van der Waals surface area contributed by atoms with Gasteiger partial charge in [0.2, 0.25) is 10.0 Å². The summed E-state index contributed by atoms with van der Waals surface area (Å²) in [6.45, 7) is 2.44. The van der Waals surface area contributed by atoms with Gasteiger partial charge in [-0.15, -0.1) is 0 Å². The second-order valence-corrected chi connectivity index (χ2v) is 7.19. The number of hydrogen-bond acceptors (Lipinski definition) is 5. The molecule has 0 unspecified atom stereocenters. The van der Waals surface area contributed by atoms with Crippen LogP contribution in [0.5, 0.6) is 0 Å². The zero-order valence-electron chi connectivity index (χ0n) is 11.2. The molecule has 0 saturated carbocycles. The summed E-state index contributed by atoms with van der Waals surface area (Å²) in [6.07, 6.45) is 1.07. The molecule has 7 nitrogen and oxygen atoms in total. The van der Waals surface area contributed by atoms with Gasteiger partial charge in [0.1, 0.15) is 0 Å². The van der Waals surface area contributed by atoms with E-state index in [2.05, 4.69) is 0 Å². The van der Waals surface area contributed by atoms with Crippen LogP contribution in [-0.4, -0.2) is 36.3 Å². The van der Waals surface area contributed by atoms with Crippen LogP contribution < -0.4 is 5.73 Å². The monoisotopic (exact) mass is 299 g/mol. The van der Waals surface area contributed by atoms with E-state index in [0.717, 1.165) is 0 Å². The SMILES string of the molecule is CC1(N)CCN(S(=O)(=O)c2ccccc2[N+](=O)[O-])CC1. The van der Waals surface area contributed by atoms with Gasteiger partial charge in [0.05, 0.1) is 4.92 Å². The van der Waals surface area contributed by atoms with Crippen molar-refractivity contribution in [1.82, 2.24) is 4.31 Å². The summed E-state index contributed by atoms with van der Waals surface area (Å²) in [4.78, 5) is 10.0. The average molecular weight is 299 g/mol. The zero-order valence-corrected chi connectivity index (χ0v) is 12.0. The van der Waals surface area contributed by atoms with E-state index in [4.69, 9.17) is 5.73 Å². The fourth-order valence-electron chi connectivity index (χ4n) is 2.20. The fraction of sp³-hybridized carbons (Fsp3) is 0.500. The van der Waals surface area contributed by atoms with Crippen molar-refractivity contribution in [2.24, 2.45) is 5.73 Å². The minimum atomic E-state index is -3.85. The van der Waals surface area contributed by atoms with Crippen LogP contribution in [-0.2, 0) is 10.0 Å². The Bertz CT molecular complexity index is 617. The molecule has 1 saturated heterocycles. The molecule has 1 fully saturated rings. The Kier molecular flexibility index (Phi) is 3.81. The summed E-state index contributed by atoms with van der Waals surface area (Å²) in [5.74, 6) is 0. The molecule has 0 aliphatic carbocycles. The van der Waals surface area contributed by atoms with Gasteiger partial charge in [-0.25, -0.2) is 8.42 Å². The molecule has 2 rings (SSSR count). The number of hydrogen-bond donors (Lipinski definition) is 1. The van der Waals surface area contributed by atoms with Crippen LogP contribution in [0.2, 0.25) is 0 Å². The highest BCUT2D eigenvalue weighted by atomic mass is 32.2. The number of nitro benzene ring substituents is 1. The van der Waals surface area contributed by atoms with Crippen molar-refractivity contribution in [2.75, 3.05) is 13.1 Å². The summed E-state index contributed by atoms with van der Waals surface area (Å²) in [5.41, 5.74) is 5.20. The predicted octanol–water partition coefficient (Wildman–Crippen LogP) is 1.10. The number of nitrogens with zero attached hydrogens (tertiary/aromatic N) is 2. The van der Waals surface area contributed by atoms with Gasteiger partial charge in [0, 0.05) is 24.7 Å². The van der Waals surface area contributed by atoms with Crippen LogP contribution in [0.4, 0.5) is 5.69 Å².